The van der Waals surface area contributed by atoms with Crippen LogP contribution in [0.1, 0.15) is 32.3 Å². The van der Waals surface area contributed by atoms with E-state index in [1.165, 1.54) is 5.56 Å². The highest BCUT2D eigenvalue weighted by Crippen LogP contribution is 2.29. The third kappa shape index (κ3) is 4.46. The second kappa shape index (κ2) is 6.94. The first kappa shape index (κ1) is 15.8. The molecule has 1 aliphatic heterocycles. The van der Waals surface area contributed by atoms with Gasteiger partial charge in [-0.2, -0.15) is 0 Å². The molecular formula is C17H25NO3. The smallest absolute Gasteiger partial charge is 0.226 e. The van der Waals surface area contributed by atoms with Gasteiger partial charge in [0.25, 0.3) is 0 Å². The molecule has 1 fully saturated rings. The minimum absolute atomic E-state index is 0.0563. The fourth-order valence-electron chi connectivity index (χ4n) is 2.46. The Balaban J connectivity index is 1.80. The third-order valence-electron chi connectivity index (χ3n) is 4.02. The van der Waals surface area contributed by atoms with Gasteiger partial charge < -0.3 is 14.8 Å². The van der Waals surface area contributed by atoms with Crippen LogP contribution in [0.25, 0.3) is 0 Å². The minimum Gasteiger partial charge on any atom is -0.489 e. The summed E-state index contributed by atoms with van der Waals surface area (Å²) in [7, 11) is 0. The summed E-state index contributed by atoms with van der Waals surface area (Å²) in [6.07, 6.45) is 1.51. The van der Waals surface area contributed by atoms with E-state index in [0.29, 0.717) is 19.8 Å². The first-order valence-corrected chi connectivity index (χ1v) is 7.59. The molecule has 1 heterocycles. The Hall–Kier alpha value is -1.55. The Labute approximate surface area is 126 Å². The number of amides is 1. The molecule has 1 amide bonds. The Morgan fingerprint density at radius 1 is 1.43 bits per heavy atom. The molecule has 0 aromatic heterocycles. The molecule has 0 aliphatic carbocycles. The number of rotatable bonds is 5. The second-order valence-corrected chi connectivity index (χ2v) is 6.13. The van der Waals surface area contributed by atoms with Crippen LogP contribution in [-0.4, -0.2) is 31.8 Å². The van der Waals surface area contributed by atoms with Gasteiger partial charge in [-0.25, -0.2) is 0 Å². The molecule has 1 atom stereocenters. The van der Waals surface area contributed by atoms with Gasteiger partial charge in [-0.05, 0) is 44.4 Å². The van der Waals surface area contributed by atoms with E-state index in [-0.39, 0.29) is 17.4 Å². The molecule has 1 aliphatic rings. The maximum Gasteiger partial charge on any atom is 0.226 e. The number of carbonyl (C=O) groups excluding carboxylic acids is 1. The highest BCUT2D eigenvalue weighted by molar-refractivity contribution is 5.82. The van der Waals surface area contributed by atoms with Crippen molar-refractivity contribution < 1.29 is 14.3 Å². The van der Waals surface area contributed by atoms with E-state index in [2.05, 4.69) is 5.32 Å². The number of aryl methyl sites for hydroxylation is 1. The average molecular weight is 291 g/mol. The average Bonchev–Trinajstić information content (AvgIpc) is 2.45. The van der Waals surface area contributed by atoms with E-state index >= 15 is 0 Å². The van der Waals surface area contributed by atoms with Gasteiger partial charge in [0.2, 0.25) is 5.91 Å². The fourth-order valence-corrected chi connectivity index (χ4v) is 2.46. The minimum atomic E-state index is -0.304. The molecule has 1 aromatic carbocycles. The van der Waals surface area contributed by atoms with E-state index in [4.69, 9.17) is 9.47 Å². The van der Waals surface area contributed by atoms with E-state index in [1.807, 2.05) is 45.0 Å². The first-order chi connectivity index (χ1) is 9.99. The van der Waals surface area contributed by atoms with Crippen molar-refractivity contribution in [2.24, 2.45) is 5.41 Å². The molecule has 1 saturated heterocycles. The van der Waals surface area contributed by atoms with Crippen LogP contribution in [0.2, 0.25) is 0 Å². The normalized spacial score (nSPS) is 18.8. The van der Waals surface area contributed by atoms with E-state index in [1.54, 1.807) is 0 Å². The Kier molecular flexibility index (Phi) is 5.23. The van der Waals surface area contributed by atoms with Crippen molar-refractivity contribution in [1.29, 1.82) is 0 Å². The summed E-state index contributed by atoms with van der Waals surface area (Å²) < 4.78 is 11.2. The van der Waals surface area contributed by atoms with Gasteiger partial charge in [-0.3, -0.25) is 4.79 Å². The van der Waals surface area contributed by atoms with Crippen molar-refractivity contribution in [3.8, 4) is 5.75 Å². The SMILES string of the molecule is Cc1cccc(O[C@@H](C)CNC(=O)C2(C)CCOCC2)c1. The standard InChI is InChI=1S/C17H25NO3/c1-13-5-4-6-15(11-13)21-14(2)12-18-16(19)17(3)7-9-20-10-8-17/h4-6,11,14H,7-10,12H2,1-3H3,(H,18,19)/t14-/m0/s1. The molecule has 0 unspecified atom stereocenters. The summed E-state index contributed by atoms with van der Waals surface area (Å²) in [5.41, 5.74) is 0.861. The van der Waals surface area contributed by atoms with Gasteiger partial charge in [0.05, 0.1) is 12.0 Å². The zero-order chi connectivity index (χ0) is 15.3. The van der Waals surface area contributed by atoms with Crippen molar-refractivity contribution in [1.82, 2.24) is 5.32 Å². The number of ether oxygens (including phenoxy) is 2. The largest absolute Gasteiger partial charge is 0.489 e. The molecular weight excluding hydrogens is 266 g/mol. The number of hydrogen-bond acceptors (Lipinski definition) is 3. The summed E-state index contributed by atoms with van der Waals surface area (Å²) in [6, 6.07) is 7.94. The van der Waals surface area contributed by atoms with Crippen LogP contribution < -0.4 is 10.1 Å². The quantitative estimate of drug-likeness (QED) is 0.907. The topological polar surface area (TPSA) is 47.6 Å². The maximum atomic E-state index is 12.3. The molecule has 0 radical (unpaired) electrons. The van der Waals surface area contributed by atoms with Crippen LogP contribution in [0.5, 0.6) is 5.75 Å². The van der Waals surface area contributed by atoms with Crippen LogP contribution in [0.3, 0.4) is 0 Å². The number of benzene rings is 1. The number of nitrogens with one attached hydrogen (secondary N) is 1. The Morgan fingerprint density at radius 3 is 2.81 bits per heavy atom. The number of carbonyl (C=O) groups is 1. The lowest BCUT2D eigenvalue weighted by Crippen LogP contribution is -2.45. The van der Waals surface area contributed by atoms with Crippen molar-refractivity contribution in [3.63, 3.8) is 0 Å². The molecule has 4 nitrogen and oxygen atoms in total. The Morgan fingerprint density at radius 2 is 2.14 bits per heavy atom. The van der Waals surface area contributed by atoms with Gasteiger partial charge in [-0.1, -0.05) is 19.1 Å². The molecule has 0 saturated carbocycles. The molecule has 21 heavy (non-hydrogen) atoms. The zero-order valence-electron chi connectivity index (χ0n) is 13.1. The Bertz CT molecular complexity index is 481. The third-order valence-corrected chi connectivity index (χ3v) is 4.02. The molecule has 4 heteroatoms. The van der Waals surface area contributed by atoms with Crippen LogP contribution in [0, 0.1) is 12.3 Å². The zero-order valence-corrected chi connectivity index (χ0v) is 13.1. The van der Waals surface area contributed by atoms with Crippen molar-refractivity contribution >= 4 is 5.91 Å². The lowest BCUT2D eigenvalue weighted by molar-refractivity contribution is -0.135. The van der Waals surface area contributed by atoms with Crippen LogP contribution in [0.15, 0.2) is 24.3 Å². The van der Waals surface area contributed by atoms with Crippen LogP contribution in [0.4, 0.5) is 0 Å². The van der Waals surface area contributed by atoms with Gasteiger partial charge in [0.15, 0.2) is 0 Å². The second-order valence-electron chi connectivity index (χ2n) is 6.13. The highest BCUT2D eigenvalue weighted by atomic mass is 16.5. The van der Waals surface area contributed by atoms with Gasteiger partial charge in [0.1, 0.15) is 11.9 Å². The molecule has 2 rings (SSSR count). The first-order valence-electron chi connectivity index (χ1n) is 7.59. The predicted octanol–water partition coefficient (Wildman–Crippen LogP) is 2.70. The lowest BCUT2D eigenvalue weighted by Gasteiger charge is -2.32. The van der Waals surface area contributed by atoms with Gasteiger partial charge in [-0.15, -0.1) is 0 Å². The van der Waals surface area contributed by atoms with Crippen molar-refractivity contribution in [2.75, 3.05) is 19.8 Å². The van der Waals surface area contributed by atoms with Gasteiger partial charge in [0, 0.05) is 13.2 Å². The molecule has 116 valence electrons. The monoisotopic (exact) mass is 291 g/mol. The lowest BCUT2D eigenvalue weighted by atomic mass is 9.81. The van der Waals surface area contributed by atoms with E-state index < -0.39 is 0 Å². The number of hydrogen-bond donors (Lipinski definition) is 1. The molecule has 1 N–H and O–H groups in total. The van der Waals surface area contributed by atoms with Crippen molar-refractivity contribution in [2.45, 2.75) is 39.7 Å². The van der Waals surface area contributed by atoms with Gasteiger partial charge >= 0.3 is 0 Å². The molecule has 0 spiro atoms. The molecule has 0 bridgehead atoms. The molecule has 1 aromatic rings. The fraction of sp³-hybridized carbons (Fsp3) is 0.588. The summed E-state index contributed by atoms with van der Waals surface area (Å²) >= 11 is 0. The predicted molar refractivity (Wildman–Crippen MR) is 82.4 cm³/mol. The summed E-state index contributed by atoms with van der Waals surface area (Å²) in [5, 5.41) is 3.01. The van der Waals surface area contributed by atoms with Crippen LogP contribution >= 0.6 is 0 Å². The van der Waals surface area contributed by atoms with Crippen LogP contribution in [-0.2, 0) is 9.53 Å². The summed E-state index contributed by atoms with van der Waals surface area (Å²) in [6.45, 7) is 7.86. The maximum absolute atomic E-state index is 12.3. The van der Waals surface area contributed by atoms with Crippen molar-refractivity contribution in [3.05, 3.63) is 29.8 Å². The highest BCUT2D eigenvalue weighted by Gasteiger charge is 2.35. The summed E-state index contributed by atoms with van der Waals surface area (Å²) in [5.74, 6) is 0.944. The van der Waals surface area contributed by atoms with E-state index in [0.717, 1.165) is 18.6 Å². The summed E-state index contributed by atoms with van der Waals surface area (Å²) in [4.78, 5) is 12.3. The van der Waals surface area contributed by atoms with E-state index in [9.17, 15) is 4.79 Å².